The van der Waals surface area contributed by atoms with Gasteiger partial charge in [-0.15, -0.1) is 11.8 Å². The van der Waals surface area contributed by atoms with Crippen molar-refractivity contribution >= 4 is 58.4 Å². The molecular weight excluding hydrogens is 411 g/mol. The summed E-state index contributed by atoms with van der Waals surface area (Å²) >= 11 is 13.0. The summed E-state index contributed by atoms with van der Waals surface area (Å²) in [7, 11) is 0. The SMILES string of the molecule is O=C(CSC1NC(=O)CC(CC(=O)NC2CC2)N1)Nc1ccc(Cl)c(Cl)c1. The summed E-state index contributed by atoms with van der Waals surface area (Å²) in [5, 5.41) is 12.4. The highest BCUT2D eigenvalue weighted by Gasteiger charge is 2.30. The summed E-state index contributed by atoms with van der Waals surface area (Å²) in [5.74, 6) is -0.298. The van der Waals surface area contributed by atoms with Gasteiger partial charge < -0.3 is 16.0 Å². The van der Waals surface area contributed by atoms with Crippen molar-refractivity contribution in [3.8, 4) is 0 Å². The molecule has 0 aromatic heterocycles. The molecule has 1 aromatic rings. The summed E-state index contributed by atoms with van der Waals surface area (Å²) in [6, 6.07) is 4.89. The predicted octanol–water partition coefficient (Wildman–Crippen LogP) is 2.10. The zero-order chi connectivity index (χ0) is 19.4. The molecule has 1 saturated carbocycles. The van der Waals surface area contributed by atoms with Gasteiger partial charge in [-0.2, -0.15) is 0 Å². The second kappa shape index (κ2) is 9.14. The first-order valence-electron chi connectivity index (χ1n) is 8.60. The number of benzene rings is 1. The minimum Gasteiger partial charge on any atom is -0.353 e. The summed E-state index contributed by atoms with van der Waals surface area (Å²) in [4.78, 5) is 35.9. The van der Waals surface area contributed by atoms with Crippen LogP contribution in [0.1, 0.15) is 25.7 Å². The van der Waals surface area contributed by atoms with Gasteiger partial charge in [-0.1, -0.05) is 23.2 Å². The van der Waals surface area contributed by atoms with E-state index >= 15 is 0 Å². The molecule has 3 amide bonds. The maximum atomic E-state index is 12.1. The minimum atomic E-state index is -0.426. The number of hydrogen-bond acceptors (Lipinski definition) is 5. The Morgan fingerprint density at radius 1 is 1.19 bits per heavy atom. The number of carbonyl (C=O) groups is 3. The molecule has 1 aromatic carbocycles. The molecule has 1 saturated heterocycles. The van der Waals surface area contributed by atoms with Gasteiger partial charge in [0.2, 0.25) is 17.7 Å². The quantitative estimate of drug-likeness (QED) is 0.530. The van der Waals surface area contributed by atoms with E-state index in [1.165, 1.54) is 11.8 Å². The zero-order valence-electron chi connectivity index (χ0n) is 14.4. The third-order valence-electron chi connectivity index (χ3n) is 4.07. The van der Waals surface area contributed by atoms with Crippen molar-refractivity contribution in [2.75, 3.05) is 11.1 Å². The molecule has 2 atom stereocenters. The number of carbonyl (C=O) groups excluding carboxylic acids is 3. The second-order valence-electron chi connectivity index (χ2n) is 6.55. The maximum Gasteiger partial charge on any atom is 0.234 e. The molecule has 2 unspecified atom stereocenters. The number of thioether (sulfide) groups is 1. The lowest BCUT2D eigenvalue weighted by atomic mass is 10.1. The maximum absolute atomic E-state index is 12.1. The van der Waals surface area contributed by atoms with Gasteiger partial charge in [0, 0.05) is 30.6 Å². The number of anilines is 1. The van der Waals surface area contributed by atoms with Crippen LogP contribution in [0.5, 0.6) is 0 Å². The van der Waals surface area contributed by atoms with Crippen molar-refractivity contribution in [2.24, 2.45) is 0 Å². The number of halogens is 2. The van der Waals surface area contributed by atoms with Gasteiger partial charge in [-0.25, -0.2) is 0 Å². The smallest absolute Gasteiger partial charge is 0.234 e. The number of amides is 3. The van der Waals surface area contributed by atoms with Crippen LogP contribution < -0.4 is 21.3 Å². The van der Waals surface area contributed by atoms with Crippen LogP contribution in [0.4, 0.5) is 5.69 Å². The van der Waals surface area contributed by atoms with Gasteiger partial charge in [0.25, 0.3) is 0 Å². The predicted molar refractivity (Wildman–Crippen MR) is 107 cm³/mol. The highest BCUT2D eigenvalue weighted by atomic mass is 35.5. The van der Waals surface area contributed by atoms with E-state index in [0.29, 0.717) is 21.8 Å². The van der Waals surface area contributed by atoms with Crippen LogP contribution in [0.3, 0.4) is 0 Å². The van der Waals surface area contributed by atoms with E-state index in [2.05, 4.69) is 21.3 Å². The van der Waals surface area contributed by atoms with Crippen molar-refractivity contribution in [3.63, 3.8) is 0 Å². The van der Waals surface area contributed by atoms with Gasteiger partial charge in [-0.3, -0.25) is 19.7 Å². The molecule has 0 radical (unpaired) electrons. The first-order valence-corrected chi connectivity index (χ1v) is 10.4. The average Bonchev–Trinajstić information content (AvgIpc) is 3.39. The fourth-order valence-electron chi connectivity index (χ4n) is 2.63. The molecule has 2 aliphatic rings. The third-order valence-corrected chi connectivity index (χ3v) is 5.82. The van der Waals surface area contributed by atoms with E-state index in [0.717, 1.165) is 12.8 Å². The Labute approximate surface area is 171 Å². The molecule has 2 fully saturated rings. The lowest BCUT2D eigenvalue weighted by Crippen LogP contribution is -2.56. The van der Waals surface area contributed by atoms with Gasteiger partial charge in [0.15, 0.2) is 0 Å². The van der Waals surface area contributed by atoms with Crippen LogP contribution in [0.15, 0.2) is 18.2 Å². The lowest BCUT2D eigenvalue weighted by Gasteiger charge is -2.30. The van der Waals surface area contributed by atoms with E-state index < -0.39 is 5.50 Å². The van der Waals surface area contributed by atoms with E-state index in [1.54, 1.807) is 18.2 Å². The van der Waals surface area contributed by atoms with Crippen molar-refractivity contribution in [1.82, 2.24) is 16.0 Å². The highest BCUT2D eigenvalue weighted by Crippen LogP contribution is 2.25. The largest absolute Gasteiger partial charge is 0.353 e. The number of nitrogens with one attached hydrogen (secondary N) is 4. The van der Waals surface area contributed by atoms with Gasteiger partial charge >= 0.3 is 0 Å². The summed E-state index contributed by atoms with van der Waals surface area (Å²) in [6.07, 6.45) is 2.54. The average molecular weight is 431 g/mol. The van der Waals surface area contributed by atoms with E-state index in [4.69, 9.17) is 23.2 Å². The zero-order valence-corrected chi connectivity index (χ0v) is 16.7. The molecule has 1 aliphatic carbocycles. The van der Waals surface area contributed by atoms with Gasteiger partial charge in [0.05, 0.1) is 15.8 Å². The molecule has 7 nitrogen and oxygen atoms in total. The summed E-state index contributed by atoms with van der Waals surface area (Å²) < 4.78 is 0. The van der Waals surface area contributed by atoms with Crippen LogP contribution >= 0.6 is 35.0 Å². The molecule has 3 rings (SSSR count). The van der Waals surface area contributed by atoms with E-state index in [1.807, 2.05) is 0 Å². The Kier molecular flexibility index (Phi) is 6.86. The summed E-state index contributed by atoms with van der Waals surface area (Å²) in [6.45, 7) is 0. The van der Waals surface area contributed by atoms with Crippen molar-refractivity contribution in [2.45, 2.75) is 43.3 Å². The number of rotatable bonds is 7. The molecule has 0 spiro atoms. The topological polar surface area (TPSA) is 99.3 Å². The fourth-order valence-corrected chi connectivity index (χ4v) is 3.82. The molecule has 146 valence electrons. The first kappa shape index (κ1) is 20.3. The Bertz CT molecular complexity index is 745. The van der Waals surface area contributed by atoms with E-state index in [9.17, 15) is 14.4 Å². The van der Waals surface area contributed by atoms with Crippen LogP contribution in [0.2, 0.25) is 10.0 Å². The van der Waals surface area contributed by atoms with Crippen molar-refractivity contribution < 1.29 is 14.4 Å². The monoisotopic (exact) mass is 430 g/mol. The molecule has 1 aliphatic heterocycles. The molecule has 10 heteroatoms. The van der Waals surface area contributed by atoms with Gasteiger partial charge in [0.1, 0.15) is 5.50 Å². The first-order chi connectivity index (χ1) is 12.9. The second-order valence-corrected chi connectivity index (χ2v) is 8.46. The Balaban J connectivity index is 1.44. The molecule has 27 heavy (non-hydrogen) atoms. The fraction of sp³-hybridized carbons (Fsp3) is 0.471. The lowest BCUT2D eigenvalue weighted by molar-refractivity contribution is -0.125. The Hall–Kier alpha value is -1.48. The summed E-state index contributed by atoms with van der Waals surface area (Å²) in [5.41, 5.74) is 0.120. The van der Waals surface area contributed by atoms with Crippen molar-refractivity contribution in [1.29, 1.82) is 0 Å². The molecule has 4 N–H and O–H groups in total. The Morgan fingerprint density at radius 2 is 1.96 bits per heavy atom. The van der Waals surface area contributed by atoms with Crippen LogP contribution in [-0.4, -0.2) is 41.1 Å². The molecule has 1 heterocycles. The van der Waals surface area contributed by atoms with Crippen molar-refractivity contribution in [3.05, 3.63) is 28.2 Å². The van der Waals surface area contributed by atoms with Gasteiger partial charge in [-0.05, 0) is 31.0 Å². The third kappa shape index (κ3) is 6.57. The van der Waals surface area contributed by atoms with Crippen LogP contribution in [0, 0.1) is 0 Å². The normalized spacial score (nSPS) is 22.1. The Morgan fingerprint density at radius 3 is 2.67 bits per heavy atom. The van der Waals surface area contributed by atoms with Crippen LogP contribution in [0.25, 0.3) is 0 Å². The molecule has 0 bridgehead atoms. The minimum absolute atomic E-state index is 0.0502. The highest BCUT2D eigenvalue weighted by molar-refractivity contribution is 8.00. The number of hydrogen-bond donors (Lipinski definition) is 4. The molecular formula is C17H20Cl2N4O3S. The standard InChI is InChI=1S/C17H20Cl2N4O3S/c18-12-4-3-10(5-13(12)19)21-16(26)8-27-17-22-11(7-15(25)23-17)6-14(24)20-9-1-2-9/h3-5,9,11,17,22H,1-2,6-8H2,(H,20,24)(H,21,26)(H,23,25). The van der Waals surface area contributed by atoms with Crippen LogP contribution in [-0.2, 0) is 14.4 Å². The van der Waals surface area contributed by atoms with E-state index in [-0.39, 0.29) is 42.4 Å².